The van der Waals surface area contributed by atoms with E-state index in [4.69, 9.17) is 0 Å². The maximum atomic E-state index is 13.4. The second kappa shape index (κ2) is 8.96. The largest absolute Gasteiger partial charge is 0.345 e. The van der Waals surface area contributed by atoms with E-state index in [0.29, 0.717) is 5.56 Å². The first-order valence-corrected chi connectivity index (χ1v) is 10.9. The van der Waals surface area contributed by atoms with Gasteiger partial charge in [0.05, 0.1) is 22.7 Å². The molecule has 1 aliphatic rings. The Labute approximate surface area is 178 Å². The maximum absolute atomic E-state index is 13.4. The Balaban J connectivity index is 1.59. The minimum atomic E-state index is -0.0610. The van der Waals surface area contributed by atoms with Crippen molar-refractivity contribution in [2.75, 3.05) is 19.6 Å². The van der Waals surface area contributed by atoms with E-state index in [1.165, 1.54) is 19.3 Å². The Kier molecular flexibility index (Phi) is 6.13. The highest BCUT2D eigenvalue weighted by Crippen LogP contribution is 2.24. The van der Waals surface area contributed by atoms with Gasteiger partial charge in [-0.15, -0.1) is 0 Å². The Morgan fingerprint density at radius 1 is 1.13 bits per heavy atom. The van der Waals surface area contributed by atoms with Crippen LogP contribution in [0.2, 0.25) is 0 Å². The van der Waals surface area contributed by atoms with Crippen molar-refractivity contribution in [1.82, 2.24) is 25.0 Å². The highest BCUT2D eigenvalue weighted by atomic mass is 16.1. The van der Waals surface area contributed by atoms with Crippen LogP contribution in [0.1, 0.15) is 59.0 Å². The number of likely N-dealkylation sites (tertiary alicyclic amines) is 1. The van der Waals surface area contributed by atoms with Crippen molar-refractivity contribution >= 4 is 16.9 Å². The Morgan fingerprint density at radius 3 is 2.60 bits per heavy atom. The number of fused-ring (bicyclic) bond motifs is 1. The first kappa shape index (κ1) is 20.5. The molecule has 0 radical (unpaired) electrons. The number of carbonyl (C=O) groups is 1. The molecular formula is C24H31N5O. The molecule has 1 aromatic carbocycles. The van der Waals surface area contributed by atoms with E-state index >= 15 is 0 Å². The van der Waals surface area contributed by atoms with Crippen LogP contribution in [0.5, 0.6) is 0 Å². The lowest BCUT2D eigenvalue weighted by Crippen LogP contribution is -2.35. The van der Waals surface area contributed by atoms with Crippen molar-refractivity contribution in [3.63, 3.8) is 0 Å². The molecule has 2 aromatic heterocycles. The zero-order valence-electron chi connectivity index (χ0n) is 18.2. The van der Waals surface area contributed by atoms with Gasteiger partial charge in [-0.25, -0.2) is 4.98 Å². The topological polar surface area (TPSA) is 63.1 Å². The standard InChI is InChI=1S/C24H31N5O/c1-17-16-20(22-18(2)27-28(3)23(22)25-17)24(30)26-21(19-10-6-4-7-11-19)12-15-29-13-8-5-9-14-29/h4,6-7,10-11,16,21H,5,8-9,12-15H2,1-3H3,(H,26,30)/t21-/m1/s1. The van der Waals surface area contributed by atoms with Crippen LogP contribution in [-0.4, -0.2) is 45.2 Å². The second-order valence-corrected chi connectivity index (χ2v) is 8.35. The zero-order valence-corrected chi connectivity index (χ0v) is 18.2. The van der Waals surface area contributed by atoms with Gasteiger partial charge in [0.25, 0.3) is 5.91 Å². The van der Waals surface area contributed by atoms with E-state index in [1.54, 1.807) is 4.68 Å². The molecule has 0 spiro atoms. The molecule has 3 aromatic rings. The fourth-order valence-corrected chi connectivity index (χ4v) is 4.49. The molecule has 1 saturated heterocycles. The Hall–Kier alpha value is -2.73. The lowest BCUT2D eigenvalue weighted by molar-refractivity contribution is 0.0931. The molecule has 1 N–H and O–H groups in total. The highest BCUT2D eigenvalue weighted by Gasteiger charge is 2.22. The Morgan fingerprint density at radius 2 is 1.87 bits per heavy atom. The van der Waals surface area contributed by atoms with Crippen LogP contribution < -0.4 is 5.32 Å². The number of aryl methyl sites for hydroxylation is 3. The summed E-state index contributed by atoms with van der Waals surface area (Å²) in [6, 6.07) is 12.1. The molecule has 0 aliphatic carbocycles. The SMILES string of the molecule is Cc1cc(C(=O)N[C@H](CCN2CCCCC2)c2ccccc2)c2c(C)nn(C)c2n1. The summed E-state index contributed by atoms with van der Waals surface area (Å²) in [4.78, 5) is 20.5. The number of hydrogen-bond acceptors (Lipinski definition) is 4. The van der Waals surface area contributed by atoms with Gasteiger partial charge in [0, 0.05) is 19.3 Å². The van der Waals surface area contributed by atoms with Gasteiger partial charge in [-0.1, -0.05) is 36.8 Å². The number of amides is 1. The Bertz CT molecular complexity index is 1020. The summed E-state index contributed by atoms with van der Waals surface area (Å²) in [6.45, 7) is 7.17. The number of hydrogen-bond donors (Lipinski definition) is 1. The summed E-state index contributed by atoms with van der Waals surface area (Å²) in [5.74, 6) is -0.0610. The number of nitrogens with zero attached hydrogens (tertiary/aromatic N) is 4. The van der Waals surface area contributed by atoms with E-state index < -0.39 is 0 Å². The number of aromatic nitrogens is 3. The molecule has 0 saturated carbocycles. The van der Waals surface area contributed by atoms with Crippen LogP contribution in [0.25, 0.3) is 11.0 Å². The molecule has 0 bridgehead atoms. The first-order chi connectivity index (χ1) is 14.5. The molecule has 1 atom stereocenters. The zero-order chi connectivity index (χ0) is 21.1. The number of nitrogens with one attached hydrogen (secondary N) is 1. The minimum Gasteiger partial charge on any atom is -0.345 e. The summed E-state index contributed by atoms with van der Waals surface area (Å²) in [5.41, 5.74) is 4.20. The van der Waals surface area contributed by atoms with E-state index in [0.717, 1.165) is 54.0 Å². The van der Waals surface area contributed by atoms with Crippen LogP contribution >= 0.6 is 0 Å². The minimum absolute atomic E-state index is 0.0267. The van der Waals surface area contributed by atoms with E-state index in [-0.39, 0.29) is 11.9 Å². The van der Waals surface area contributed by atoms with Crippen LogP contribution in [0.3, 0.4) is 0 Å². The summed E-state index contributed by atoms with van der Waals surface area (Å²) in [6.07, 6.45) is 4.78. The number of pyridine rings is 1. The van der Waals surface area contributed by atoms with Crippen molar-refractivity contribution in [3.05, 3.63) is 58.9 Å². The summed E-state index contributed by atoms with van der Waals surface area (Å²) in [7, 11) is 1.87. The van der Waals surface area contributed by atoms with E-state index in [2.05, 4.69) is 32.4 Å². The van der Waals surface area contributed by atoms with Crippen molar-refractivity contribution in [2.24, 2.45) is 7.05 Å². The summed E-state index contributed by atoms with van der Waals surface area (Å²) < 4.78 is 1.75. The van der Waals surface area contributed by atoms with Gasteiger partial charge in [-0.05, 0) is 57.8 Å². The first-order valence-electron chi connectivity index (χ1n) is 10.9. The van der Waals surface area contributed by atoms with Crippen LogP contribution in [-0.2, 0) is 7.05 Å². The number of piperidine rings is 1. The molecule has 158 valence electrons. The van der Waals surface area contributed by atoms with Gasteiger partial charge in [-0.3, -0.25) is 9.48 Å². The van der Waals surface area contributed by atoms with Crippen molar-refractivity contribution in [1.29, 1.82) is 0 Å². The average molecular weight is 406 g/mol. The lowest BCUT2D eigenvalue weighted by Gasteiger charge is -2.29. The van der Waals surface area contributed by atoms with Crippen molar-refractivity contribution in [3.8, 4) is 0 Å². The quantitative estimate of drug-likeness (QED) is 0.675. The monoisotopic (exact) mass is 405 g/mol. The van der Waals surface area contributed by atoms with E-state index in [9.17, 15) is 4.79 Å². The third-order valence-corrected chi connectivity index (χ3v) is 6.03. The van der Waals surface area contributed by atoms with Crippen LogP contribution in [0.15, 0.2) is 36.4 Å². The maximum Gasteiger partial charge on any atom is 0.252 e. The molecule has 4 rings (SSSR count). The number of benzene rings is 1. The summed E-state index contributed by atoms with van der Waals surface area (Å²) in [5, 5.41) is 8.63. The third-order valence-electron chi connectivity index (χ3n) is 6.03. The van der Waals surface area contributed by atoms with Gasteiger partial charge in [0.2, 0.25) is 0 Å². The molecule has 1 fully saturated rings. The van der Waals surface area contributed by atoms with Crippen LogP contribution in [0, 0.1) is 13.8 Å². The van der Waals surface area contributed by atoms with Gasteiger partial charge in [0.15, 0.2) is 5.65 Å². The predicted octanol–water partition coefficient (Wildman–Crippen LogP) is 3.93. The highest BCUT2D eigenvalue weighted by molar-refractivity contribution is 6.06. The van der Waals surface area contributed by atoms with Gasteiger partial charge in [0.1, 0.15) is 0 Å². The smallest absolute Gasteiger partial charge is 0.252 e. The van der Waals surface area contributed by atoms with Gasteiger partial charge in [-0.2, -0.15) is 5.10 Å². The predicted molar refractivity (Wildman–Crippen MR) is 120 cm³/mol. The molecule has 6 nitrogen and oxygen atoms in total. The lowest BCUT2D eigenvalue weighted by atomic mass is 10.0. The van der Waals surface area contributed by atoms with Crippen molar-refractivity contribution < 1.29 is 4.79 Å². The van der Waals surface area contributed by atoms with Gasteiger partial charge < -0.3 is 10.2 Å². The molecule has 30 heavy (non-hydrogen) atoms. The number of rotatable bonds is 6. The molecule has 0 unspecified atom stereocenters. The molecule has 1 amide bonds. The molecular weight excluding hydrogens is 374 g/mol. The normalized spacial score (nSPS) is 16.0. The van der Waals surface area contributed by atoms with Crippen LogP contribution in [0.4, 0.5) is 0 Å². The average Bonchev–Trinajstić information content (AvgIpc) is 3.05. The molecule has 6 heteroatoms. The van der Waals surface area contributed by atoms with E-state index in [1.807, 2.05) is 45.2 Å². The molecule has 1 aliphatic heterocycles. The van der Waals surface area contributed by atoms with Crippen molar-refractivity contribution in [2.45, 2.75) is 45.6 Å². The third kappa shape index (κ3) is 4.38. The van der Waals surface area contributed by atoms with Gasteiger partial charge >= 0.3 is 0 Å². The second-order valence-electron chi connectivity index (χ2n) is 8.35. The fourth-order valence-electron chi connectivity index (χ4n) is 4.49. The summed E-state index contributed by atoms with van der Waals surface area (Å²) >= 11 is 0. The molecule has 3 heterocycles. The number of carbonyl (C=O) groups excluding carboxylic acids is 1. The fraction of sp³-hybridized carbons (Fsp3) is 0.458.